The zero-order chi connectivity index (χ0) is 12.5. The minimum Gasteiger partial charge on any atom is -0.489 e. The van der Waals surface area contributed by atoms with Gasteiger partial charge >= 0.3 is 0 Å². The van der Waals surface area contributed by atoms with E-state index < -0.39 is 0 Å². The van der Waals surface area contributed by atoms with Crippen molar-refractivity contribution < 1.29 is 9.13 Å². The molecule has 0 aliphatic carbocycles. The minimum atomic E-state index is 0.171. The molecule has 1 aromatic rings. The number of hydrogen-bond donors (Lipinski definition) is 2. The van der Waals surface area contributed by atoms with Gasteiger partial charge in [0, 0.05) is 23.6 Å². The summed E-state index contributed by atoms with van der Waals surface area (Å²) in [5.41, 5.74) is 5.77. The smallest absolute Gasteiger partial charge is 0.119 e. The van der Waals surface area contributed by atoms with E-state index in [2.05, 4.69) is 4.72 Å². The van der Waals surface area contributed by atoms with Crippen LogP contribution in [0.2, 0.25) is 0 Å². The molecule has 17 heavy (non-hydrogen) atoms. The van der Waals surface area contributed by atoms with Gasteiger partial charge in [-0.05, 0) is 36.2 Å². The van der Waals surface area contributed by atoms with E-state index in [9.17, 15) is 4.39 Å². The Morgan fingerprint density at radius 2 is 2.18 bits per heavy atom. The van der Waals surface area contributed by atoms with Gasteiger partial charge in [0.1, 0.15) is 12.4 Å². The first kappa shape index (κ1) is 14.0. The molecule has 0 amide bonds. The Morgan fingerprint density at radius 3 is 2.71 bits per heavy atom. The average molecular weight is 256 g/mol. The van der Waals surface area contributed by atoms with Crippen LogP contribution >= 0.6 is 11.9 Å². The maximum absolute atomic E-state index is 12.2. The molecule has 94 valence electrons. The van der Waals surface area contributed by atoms with Gasteiger partial charge in [0.25, 0.3) is 0 Å². The monoisotopic (exact) mass is 256 g/mol. The van der Waals surface area contributed by atoms with Gasteiger partial charge < -0.3 is 10.5 Å². The first-order valence-electron chi connectivity index (χ1n) is 5.41. The van der Waals surface area contributed by atoms with Gasteiger partial charge in [-0.3, -0.25) is 4.72 Å². The van der Waals surface area contributed by atoms with Gasteiger partial charge in [0.15, 0.2) is 0 Å². The molecule has 0 atom stereocenters. The predicted octanol–water partition coefficient (Wildman–Crippen LogP) is 2.49. The molecule has 0 saturated heterocycles. The van der Waals surface area contributed by atoms with Crippen LogP contribution in [0.3, 0.4) is 0 Å². The highest BCUT2D eigenvalue weighted by Crippen LogP contribution is 2.19. The summed E-state index contributed by atoms with van der Waals surface area (Å²) >= 11 is 1.57. The number of halogens is 1. The molecule has 0 radical (unpaired) electrons. The van der Waals surface area contributed by atoms with E-state index in [1.807, 2.05) is 31.2 Å². The third-order valence-electron chi connectivity index (χ3n) is 2.00. The molecule has 1 rings (SSSR count). The summed E-state index contributed by atoms with van der Waals surface area (Å²) in [4.78, 5) is 1.11. The molecule has 1 aromatic carbocycles. The third-order valence-corrected chi connectivity index (χ3v) is 2.94. The second-order valence-corrected chi connectivity index (χ2v) is 4.30. The Bertz CT molecular complexity index is 354. The number of hydrogen-bond acceptors (Lipinski definition) is 4. The topological polar surface area (TPSA) is 47.3 Å². The largest absolute Gasteiger partial charge is 0.489 e. The van der Waals surface area contributed by atoms with Crippen molar-refractivity contribution in [2.75, 3.05) is 19.7 Å². The van der Waals surface area contributed by atoms with Crippen molar-refractivity contribution in [2.45, 2.75) is 11.8 Å². The molecule has 0 bridgehead atoms. The molecule has 0 heterocycles. The summed E-state index contributed by atoms with van der Waals surface area (Å²) in [5.74, 6) is 0.707. The van der Waals surface area contributed by atoms with E-state index in [4.69, 9.17) is 10.5 Å². The van der Waals surface area contributed by atoms with Crippen LogP contribution in [0.1, 0.15) is 6.92 Å². The van der Waals surface area contributed by atoms with Crippen LogP contribution < -0.4 is 15.2 Å². The standard InChI is InChI=1S/C12H17FN2OS/c1-2-15-17-12-5-3-11(4-6-12)16-9-10(7-13)8-14/h3-7,15H,2,8-9,14H2,1H3/b10-7+. The summed E-state index contributed by atoms with van der Waals surface area (Å²) in [6.07, 6.45) is 0.495. The number of ether oxygens (including phenoxy) is 1. The molecule has 3 nitrogen and oxygen atoms in total. The molecule has 0 aliphatic heterocycles. The molecule has 5 heteroatoms. The third kappa shape index (κ3) is 5.21. The lowest BCUT2D eigenvalue weighted by Crippen LogP contribution is -2.10. The van der Waals surface area contributed by atoms with Crippen molar-refractivity contribution in [3.63, 3.8) is 0 Å². The van der Waals surface area contributed by atoms with E-state index in [1.165, 1.54) is 0 Å². The lowest BCUT2D eigenvalue weighted by atomic mass is 10.3. The Balaban J connectivity index is 2.45. The van der Waals surface area contributed by atoms with Crippen molar-refractivity contribution in [2.24, 2.45) is 5.73 Å². The Morgan fingerprint density at radius 1 is 1.47 bits per heavy atom. The Kier molecular flexibility index (Phi) is 6.69. The van der Waals surface area contributed by atoms with Crippen molar-refractivity contribution in [3.05, 3.63) is 36.2 Å². The molecular weight excluding hydrogens is 239 g/mol. The van der Waals surface area contributed by atoms with Crippen LogP contribution in [0.15, 0.2) is 41.1 Å². The predicted molar refractivity (Wildman–Crippen MR) is 69.7 cm³/mol. The minimum absolute atomic E-state index is 0.171. The molecule has 0 unspecified atom stereocenters. The number of benzene rings is 1. The molecule has 0 saturated carbocycles. The maximum Gasteiger partial charge on any atom is 0.119 e. The van der Waals surface area contributed by atoms with E-state index in [0.29, 0.717) is 17.7 Å². The van der Waals surface area contributed by atoms with E-state index in [-0.39, 0.29) is 13.2 Å². The van der Waals surface area contributed by atoms with Crippen LogP contribution in [0.25, 0.3) is 0 Å². The fourth-order valence-corrected chi connectivity index (χ4v) is 1.65. The highest BCUT2D eigenvalue weighted by atomic mass is 32.2. The van der Waals surface area contributed by atoms with Crippen molar-refractivity contribution in [3.8, 4) is 5.75 Å². The highest BCUT2D eigenvalue weighted by molar-refractivity contribution is 7.97. The van der Waals surface area contributed by atoms with E-state index in [0.717, 1.165) is 11.4 Å². The van der Waals surface area contributed by atoms with Crippen LogP contribution in [-0.2, 0) is 0 Å². The summed E-state index contributed by atoms with van der Waals surface area (Å²) in [6, 6.07) is 7.60. The van der Waals surface area contributed by atoms with Crippen LogP contribution in [0.5, 0.6) is 5.75 Å². The van der Waals surface area contributed by atoms with Gasteiger partial charge in [-0.25, -0.2) is 4.39 Å². The molecule has 0 aliphatic rings. The van der Waals surface area contributed by atoms with Gasteiger partial charge in [-0.15, -0.1) is 0 Å². The number of nitrogens with one attached hydrogen (secondary N) is 1. The fraction of sp³-hybridized carbons (Fsp3) is 0.333. The SMILES string of the molecule is CCNSc1ccc(OC/C(=C/F)CN)cc1. The van der Waals surface area contributed by atoms with Gasteiger partial charge in [-0.2, -0.15) is 0 Å². The number of nitrogens with two attached hydrogens (primary N) is 1. The second-order valence-electron chi connectivity index (χ2n) is 3.33. The van der Waals surface area contributed by atoms with Gasteiger partial charge in [0.2, 0.25) is 0 Å². The summed E-state index contributed by atoms with van der Waals surface area (Å²) in [5, 5.41) is 0. The first-order chi connectivity index (χ1) is 8.30. The average Bonchev–Trinajstić information content (AvgIpc) is 2.39. The van der Waals surface area contributed by atoms with Crippen molar-refractivity contribution >= 4 is 11.9 Å². The summed E-state index contributed by atoms with van der Waals surface area (Å²) < 4.78 is 20.8. The lowest BCUT2D eigenvalue weighted by molar-refractivity contribution is 0.347. The molecule has 0 spiro atoms. The van der Waals surface area contributed by atoms with Gasteiger partial charge in [0.05, 0.1) is 6.33 Å². The molecule has 0 aromatic heterocycles. The summed E-state index contributed by atoms with van der Waals surface area (Å²) in [6.45, 7) is 3.31. The maximum atomic E-state index is 12.2. The van der Waals surface area contributed by atoms with Crippen LogP contribution in [-0.4, -0.2) is 19.7 Å². The van der Waals surface area contributed by atoms with E-state index >= 15 is 0 Å². The van der Waals surface area contributed by atoms with Crippen molar-refractivity contribution in [1.82, 2.24) is 4.72 Å². The summed E-state index contributed by atoms with van der Waals surface area (Å²) in [7, 11) is 0. The first-order valence-corrected chi connectivity index (χ1v) is 6.22. The number of rotatable bonds is 7. The normalized spacial score (nSPS) is 11.6. The quantitative estimate of drug-likeness (QED) is 0.736. The molecule has 0 fully saturated rings. The molecule has 3 N–H and O–H groups in total. The van der Waals surface area contributed by atoms with E-state index in [1.54, 1.807) is 11.9 Å². The second kappa shape index (κ2) is 8.11. The molecular formula is C12H17FN2OS. The van der Waals surface area contributed by atoms with Crippen LogP contribution in [0.4, 0.5) is 4.39 Å². The lowest BCUT2D eigenvalue weighted by Gasteiger charge is -2.08. The highest BCUT2D eigenvalue weighted by Gasteiger charge is 1.98. The van der Waals surface area contributed by atoms with Gasteiger partial charge in [-0.1, -0.05) is 6.92 Å². The van der Waals surface area contributed by atoms with Crippen molar-refractivity contribution in [1.29, 1.82) is 0 Å². The fourth-order valence-electron chi connectivity index (χ4n) is 1.07. The zero-order valence-corrected chi connectivity index (χ0v) is 10.6. The van der Waals surface area contributed by atoms with Crippen LogP contribution in [0, 0.1) is 0 Å². The zero-order valence-electron chi connectivity index (χ0n) is 9.78. The Hall–Kier alpha value is -1.04. The Labute approximate surface area is 105 Å².